The van der Waals surface area contributed by atoms with E-state index in [0.717, 1.165) is 16.7 Å². The van der Waals surface area contributed by atoms with E-state index in [1.165, 1.54) is 12.4 Å². The summed E-state index contributed by atoms with van der Waals surface area (Å²) in [7, 11) is 0. The fourth-order valence-electron chi connectivity index (χ4n) is 2.67. The molecule has 0 aliphatic heterocycles. The molecule has 0 amide bonds. The molecule has 1 unspecified atom stereocenters. The van der Waals surface area contributed by atoms with Gasteiger partial charge in [-0.05, 0) is 31.2 Å². The van der Waals surface area contributed by atoms with Crippen LogP contribution in [-0.4, -0.2) is 9.97 Å². The standard InChI is InChI=1S/C18H14FN3O/c1-11(16-9-12-5-2-3-8-15(12)23-16)22-18-17-13(19)6-4-7-14(17)20-10-21-18/h2-11H,1H3,(H,20,21,22). The van der Waals surface area contributed by atoms with Crippen molar-refractivity contribution in [3.8, 4) is 0 Å². The van der Waals surface area contributed by atoms with Crippen LogP contribution in [-0.2, 0) is 0 Å². The van der Waals surface area contributed by atoms with E-state index in [1.807, 2.05) is 37.3 Å². The van der Waals surface area contributed by atoms with E-state index in [-0.39, 0.29) is 11.9 Å². The van der Waals surface area contributed by atoms with Crippen LogP contribution in [0.15, 0.2) is 59.3 Å². The molecule has 2 aromatic carbocycles. The molecular weight excluding hydrogens is 293 g/mol. The lowest BCUT2D eigenvalue weighted by Crippen LogP contribution is -2.08. The molecule has 0 aliphatic carbocycles. The highest BCUT2D eigenvalue weighted by molar-refractivity contribution is 5.89. The van der Waals surface area contributed by atoms with Gasteiger partial charge in [0.2, 0.25) is 0 Å². The molecule has 114 valence electrons. The third-order valence-corrected chi connectivity index (χ3v) is 3.84. The minimum atomic E-state index is -0.345. The number of fused-ring (bicyclic) bond motifs is 2. The van der Waals surface area contributed by atoms with Crippen LogP contribution in [0.3, 0.4) is 0 Å². The molecule has 4 nitrogen and oxygen atoms in total. The summed E-state index contributed by atoms with van der Waals surface area (Å²) in [5, 5.41) is 4.64. The van der Waals surface area contributed by atoms with Gasteiger partial charge >= 0.3 is 0 Å². The number of nitrogens with zero attached hydrogens (tertiary/aromatic N) is 2. The normalized spacial score (nSPS) is 12.6. The number of anilines is 1. The minimum Gasteiger partial charge on any atom is -0.459 e. The topological polar surface area (TPSA) is 51.0 Å². The lowest BCUT2D eigenvalue weighted by Gasteiger charge is -2.13. The monoisotopic (exact) mass is 307 g/mol. The van der Waals surface area contributed by atoms with Gasteiger partial charge in [-0.25, -0.2) is 14.4 Å². The Hall–Kier alpha value is -2.95. The first-order chi connectivity index (χ1) is 11.2. The van der Waals surface area contributed by atoms with Crippen LogP contribution >= 0.6 is 0 Å². The second-order valence-electron chi connectivity index (χ2n) is 5.41. The molecular formula is C18H14FN3O. The maximum Gasteiger partial charge on any atom is 0.140 e. The molecule has 0 bridgehead atoms. The molecule has 5 heteroatoms. The van der Waals surface area contributed by atoms with Crippen molar-refractivity contribution in [2.45, 2.75) is 13.0 Å². The van der Waals surface area contributed by atoms with Crippen LogP contribution in [0.2, 0.25) is 0 Å². The predicted molar refractivity (Wildman–Crippen MR) is 87.7 cm³/mol. The van der Waals surface area contributed by atoms with Crippen LogP contribution < -0.4 is 5.32 Å². The van der Waals surface area contributed by atoms with Gasteiger partial charge in [-0.1, -0.05) is 24.3 Å². The van der Waals surface area contributed by atoms with Gasteiger partial charge in [0.15, 0.2) is 0 Å². The van der Waals surface area contributed by atoms with Gasteiger partial charge in [0.05, 0.1) is 16.9 Å². The molecule has 2 aromatic heterocycles. The molecule has 2 heterocycles. The van der Waals surface area contributed by atoms with Gasteiger partial charge in [-0.15, -0.1) is 0 Å². The zero-order chi connectivity index (χ0) is 15.8. The maximum atomic E-state index is 14.1. The number of nitrogens with one attached hydrogen (secondary N) is 1. The highest BCUT2D eigenvalue weighted by atomic mass is 19.1. The highest BCUT2D eigenvalue weighted by Crippen LogP contribution is 2.28. The van der Waals surface area contributed by atoms with Crippen molar-refractivity contribution in [2.24, 2.45) is 0 Å². The first kappa shape index (κ1) is 13.7. The van der Waals surface area contributed by atoms with Crippen LogP contribution in [0, 0.1) is 5.82 Å². The number of aromatic nitrogens is 2. The van der Waals surface area contributed by atoms with E-state index < -0.39 is 0 Å². The van der Waals surface area contributed by atoms with Crippen molar-refractivity contribution in [1.29, 1.82) is 0 Å². The van der Waals surface area contributed by atoms with E-state index in [0.29, 0.717) is 16.7 Å². The summed E-state index contributed by atoms with van der Waals surface area (Å²) in [5.41, 5.74) is 1.40. The summed E-state index contributed by atoms with van der Waals surface area (Å²) in [6.07, 6.45) is 1.43. The number of hydrogen-bond acceptors (Lipinski definition) is 4. The van der Waals surface area contributed by atoms with Crippen molar-refractivity contribution in [3.63, 3.8) is 0 Å². The summed E-state index contributed by atoms with van der Waals surface area (Å²) in [6.45, 7) is 1.95. The smallest absolute Gasteiger partial charge is 0.140 e. The molecule has 0 radical (unpaired) electrons. The average molecular weight is 307 g/mol. The summed E-state index contributed by atoms with van der Waals surface area (Å²) < 4.78 is 20.0. The van der Waals surface area contributed by atoms with Crippen molar-refractivity contribution < 1.29 is 8.81 Å². The number of benzene rings is 2. The van der Waals surface area contributed by atoms with E-state index in [9.17, 15) is 4.39 Å². The zero-order valence-electron chi connectivity index (χ0n) is 12.5. The highest BCUT2D eigenvalue weighted by Gasteiger charge is 2.15. The Morgan fingerprint density at radius 3 is 2.83 bits per heavy atom. The van der Waals surface area contributed by atoms with E-state index in [1.54, 1.807) is 12.1 Å². The third kappa shape index (κ3) is 2.40. The van der Waals surface area contributed by atoms with Gasteiger partial charge in [0, 0.05) is 5.39 Å². The molecule has 4 rings (SSSR count). The molecule has 0 saturated carbocycles. The van der Waals surface area contributed by atoms with E-state index in [2.05, 4.69) is 15.3 Å². The fourth-order valence-corrected chi connectivity index (χ4v) is 2.67. The number of furan rings is 1. The van der Waals surface area contributed by atoms with Gasteiger partial charge < -0.3 is 9.73 Å². The summed E-state index contributed by atoms with van der Waals surface area (Å²) >= 11 is 0. The summed E-state index contributed by atoms with van der Waals surface area (Å²) in [5.74, 6) is 0.887. The Kier molecular flexibility index (Phi) is 3.19. The second-order valence-corrected chi connectivity index (χ2v) is 5.41. The molecule has 1 N–H and O–H groups in total. The van der Waals surface area contributed by atoms with E-state index >= 15 is 0 Å². The van der Waals surface area contributed by atoms with Crippen molar-refractivity contribution in [1.82, 2.24) is 9.97 Å². The zero-order valence-corrected chi connectivity index (χ0v) is 12.5. The Balaban J connectivity index is 1.72. The largest absolute Gasteiger partial charge is 0.459 e. The Labute approximate surface area is 132 Å². The lowest BCUT2D eigenvalue weighted by molar-refractivity contribution is 0.525. The molecule has 23 heavy (non-hydrogen) atoms. The third-order valence-electron chi connectivity index (χ3n) is 3.84. The van der Waals surface area contributed by atoms with Gasteiger partial charge in [-0.2, -0.15) is 0 Å². The fraction of sp³-hybridized carbons (Fsp3) is 0.111. The average Bonchev–Trinajstić information content (AvgIpc) is 2.99. The van der Waals surface area contributed by atoms with Crippen LogP contribution in [0.5, 0.6) is 0 Å². The lowest BCUT2D eigenvalue weighted by atomic mass is 10.2. The summed E-state index contributed by atoms with van der Waals surface area (Å²) in [4.78, 5) is 8.29. The molecule has 0 aliphatic rings. The number of hydrogen-bond donors (Lipinski definition) is 1. The molecule has 0 spiro atoms. The molecule has 4 aromatic rings. The minimum absolute atomic E-state index is 0.153. The summed E-state index contributed by atoms with van der Waals surface area (Å²) in [6, 6.07) is 14.4. The van der Waals surface area contributed by atoms with Crippen LogP contribution in [0.1, 0.15) is 18.7 Å². The number of rotatable bonds is 3. The van der Waals surface area contributed by atoms with Gasteiger partial charge in [0.25, 0.3) is 0 Å². The molecule has 0 fully saturated rings. The van der Waals surface area contributed by atoms with Gasteiger partial charge in [0.1, 0.15) is 29.3 Å². The Bertz CT molecular complexity index is 958. The van der Waals surface area contributed by atoms with Crippen molar-refractivity contribution in [3.05, 3.63) is 66.4 Å². The van der Waals surface area contributed by atoms with Gasteiger partial charge in [-0.3, -0.25) is 0 Å². The number of halogens is 1. The molecule has 1 atom stereocenters. The first-order valence-electron chi connectivity index (χ1n) is 7.36. The SMILES string of the molecule is CC(Nc1ncnc2cccc(F)c12)c1cc2ccccc2o1. The molecule has 0 saturated heterocycles. The maximum absolute atomic E-state index is 14.1. The quantitative estimate of drug-likeness (QED) is 0.596. The van der Waals surface area contributed by atoms with Crippen molar-refractivity contribution in [2.75, 3.05) is 5.32 Å². The van der Waals surface area contributed by atoms with Crippen molar-refractivity contribution >= 4 is 27.7 Å². The van der Waals surface area contributed by atoms with Crippen LogP contribution in [0.4, 0.5) is 10.2 Å². The predicted octanol–water partition coefficient (Wildman–Crippen LogP) is 4.69. The Morgan fingerprint density at radius 2 is 1.96 bits per heavy atom. The van der Waals surface area contributed by atoms with E-state index in [4.69, 9.17) is 4.42 Å². The van der Waals surface area contributed by atoms with Crippen LogP contribution in [0.25, 0.3) is 21.9 Å². The second kappa shape index (κ2) is 5.35. The first-order valence-corrected chi connectivity index (χ1v) is 7.36. The Morgan fingerprint density at radius 1 is 1.09 bits per heavy atom. The number of para-hydroxylation sites is 1.